The van der Waals surface area contributed by atoms with E-state index >= 15 is 0 Å². The predicted octanol–water partition coefficient (Wildman–Crippen LogP) is 2.90. The van der Waals surface area contributed by atoms with Gasteiger partial charge < -0.3 is 9.84 Å². The third-order valence-corrected chi connectivity index (χ3v) is 2.70. The lowest BCUT2D eigenvalue weighted by molar-refractivity contribution is 0.0489. The molecule has 0 atom stereocenters. The van der Waals surface area contributed by atoms with Gasteiger partial charge in [0, 0.05) is 0 Å². The molecule has 0 amide bonds. The van der Waals surface area contributed by atoms with Gasteiger partial charge in [-0.3, -0.25) is 0 Å². The van der Waals surface area contributed by atoms with Crippen molar-refractivity contribution in [3.63, 3.8) is 0 Å². The van der Waals surface area contributed by atoms with Crippen molar-refractivity contribution in [3.8, 4) is 0 Å². The van der Waals surface area contributed by atoms with Crippen LogP contribution in [0.2, 0.25) is 0 Å². The van der Waals surface area contributed by atoms with Gasteiger partial charge in [-0.2, -0.15) is 0 Å². The number of hydrogen-bond acceptors (Lipinski definition) is 3. The number of carbonyl (C=O) groups is 2. The van der Waals surface area contributed by atoms with Crippen LogP contribution in [0.4, 0.5) is 0 Å². The lowest BCUT2D eigenvalue weighted by Gasteiger charge is -2.10. The second kappa shape index (κ2) is 6.79. The molecule has 0 saturated carbocycles. The zero-order chi connectivity index (χ0) is 13.5. The minimum absolute atomic E-state index is 0.0569. The smallest absolute Gasteiger partial charge is 0.339 e. The van der Waals surface area contributed by atoms with Gasteiger partial charge in [-0.05, 0) is 24.5 Å². The molecule has 1 aromatic carbocycles. The molecule has 0 unspecified atom stereocenters. The van der Waals surface area contributed by atoms with Gasteiger partial charge in [0.05, 0.1) is 17.7 Å². The van der Waals surface area contributed by atoms with E-state index in [1.54, 1.807) is 12.1 Å². The number of carboxylic acids is 1. The molecule has 98 valence electrons. The van der Waals surface area contributed by atoms with Crippen LogP contribution in [-0.4, -0.2) is 23.7 Å². The number of aryl methyl sites for hydroxylation is 1. The molecule has 0 aliphatic carbocycles. The molecule has 0 spiro atoms. The standard InChI is InChI=1S/C14H18O4/c1-3-5-9-18-14(17)11-8-6-7-10(4-2)12(11)13(15)16/h6-8H,3-5,9H2,1-2H3,(H,15,16). The Kier molecular flexibility index (Phi) is 5.36. The first-order valence-electron chi connectivity index (χ1n) is 6.14. The molecule has 18 heavy (non-hydrogen) atoms. The number of ether oxygens (including phenoxy) is 1. The lowest BCUT2D eigenvalue weighted by atomic mass is 9.99. The van der Waals surface area contributed by atoms with E-state index in [9.17, 15) is 14.7 Å². The largest absolute Gasteiger partial charge is 0.478 e. The molecular formula is C14H18O4. The Labute approximate surface area is 107 Å². The Morgan fingerprint density at radius 1 is 1.28 bits per heavy atom. The second-order valence-corrected chi connectivity index (χ2v) is 3.99. The van der Waals surface area contributed by atoms with E-state index in [1.807, 2.05) is 13.8 Å². The number of esters is 1. The molecule has 0 saturated heterocycles. The van der Waals surface area contributed by atoms with Gasteiger partial charge in [-0.1, -0.05) is 32.4 Å². The molecule has 0 aromatic heterocycles. The van der Waals surface area contributed by atoms with Crippen LogP contribution in [0.5, 0.6) is 0 Å². The summed E-state index contributed by atoms with van der Waals surface area (Å²) in [5.74, 6) is -1.65. The molecule has 4 heteroatoms. The van der Waals surface area contributed by atoms with Crippen LogP contribution in [-0.2, 0) is 11.2 Å². The zero-order valence-electron chi connectivity index (χ0n) is 10.7. The highest BCUT2D eigenvalue weighted by Crippen LogP contribution is 2.17. The third-order valence-electron chi connectivity index (χ3n) is 2.70. The Balaban J connectivity index is 3.00. The number of unbranched alkanes of at least 4 members (excludes halogenated alkanes) is 1. The Hall–Kier alpha value is -1.84. The first-order chi connectivity index (χ1) is 8.61. The molecule has 1 N–H and O–H groups in total. The van der Waals surface area contributed by atoms with Gasteiger partial charge >= 0.3 is 11.9 Å². The summed E-state index contributed by atoms with van der Waals surface area (Å²) < 4.78 is 5.06. The fourth-order valence-electron chi connectivity index (χ4n) is 1.70. The Morgan fingerprint density at radius 3 is 2.56 bits per heavy atom. The highest BCUT2D eigenvalue weighted by Gasteiger charge is 2.20. The summed E-state index contributed by atoms with van der Waals surface area (Å²) in [7, 11) is 0. The quantitative estimate of drug-likeness (QED) is 0.622. The Morgan fingerprint density at radius 2 is 2.00 bits per heavy atom. The second-order valence-electron chi connectivity index (χ2n) is 3.99. The van der Waals surface area contributed by atoms with E-state index in [2.05, 4.69) is 0 Å². The number of rotatable bonds is 6. The molecule has 0 aliphatic heterocycles. The van der Waals surface area contributed by atoms with Crippen molar-refractivity contribution < 1.29 is 19.4 Å². The zero-order valence-corrected chi connectivity index (χ0v) is 10.7. The number of hydrogen-bond donors (Lipinski definition) is 1. The minimum Gasteiger partial charge on any atom is -0.478 e. The fraction of sp³-hybridized carbons (Fsp3) is 0.429. The number of benzene rings is 1. The van der Waals surface area contributed by atoms with Crippen LogP contribution in [0.25, 0.3) is 0 Å². The summed E-state index contributed by atoms with van der Waals surface area (Å²) >= 11 is 0. The van der Waals surface area contributed by atoms with Gasteiger partial charge in [-0.25, -0.2) is 9.59 Å². The van der Waals surface area contributed by atoms with Crippen molar-refractivity contribution in [1.29, 1.82) is 0 Å². The van der Waals surface area contributed by atoms with Crippen molar-refractivity contribution in [2.75, 3.05) is 6.61 Å². The summed E-state index contributed by atoms with van der Waals surface area (Å²) in [5.41, 5.74) is 0.840. The summed E-state index contributed by atoms with van der Waals surface area (Å²) in [6, 6.07) is 4.89. The van der Waals surface area contributed by atoms with Crippen LogP contribution in [0.15, 0.2) is 18.2 Å². The molecular weight excluding hydrogens is 232 g/mol. The summed E-state index contributed by atoms with van der Waals surface area (Å²) in [5, 5.41) is 9.19. The van der Waals surface area contributed by atoms with Crippen molar-refractivity contribution in [2.24, 2.45) is 0 Å². The van der Waals surface area contributed by atoms with E-state index in [-0.39, 0.29) is 11.1 Å². The van der Waals surface area contributed by atoms with Crippen LogP contribution >= 0.6 is 0 Å². The third kappa shape index (κ3) is 3.32. The van der Waals surface area contributed by atoms with Crippen LogP contribution < -0.4 is 0 Å². The number of carboxylic acid groups (broad SMARTS) is 1. The molecule has 0 aliphatic rings. The minimum atomic E-state index is -1.09. The SMILES string of the molecule is CCCCOC(=O)c1cccc(CC)c1C(=O)O. The average Bonchev–Trinajstić information content (AvgIpc) is 2.37. The first kappa shape index (κ1) is 14.2. The topological polar surface area (TPSA) is 63.6 Å². The highest BCUT2D eigenvalue weighted by atomic mass is 16.5. The van der Waals surface area contributed by atoms with Gasteiger partial charge in [0.1, 0.15) is 0 Å². The van der Waals surface area contributed by atoms with Crippen LogP contribution in [0.3, 0.4) is 0 Å². The normalized spacial score (nSPS) is 10.1. The molecule has 0 radical (unpaired) electrons. The molecule has 4 nitrogen and oxygen atoms in total. The van der Waals surface area contributed by atoms with E-state index in [4.69, 9.17) is 4.74 Å². The summed E-state index contributed by atoms with van der Waals surface area (Å²) in [4.78, 5) is 23.1. The lowest BCUT2D eigenvalue weighted by Crippen LogP contribution is -2.14. The molecule has 0 bridgehead atoms. The van der Waals surface area contributed by atoms with E-state index in [1.165, 1.54) is 6.07 Å². The molecule has 1 rings (SSSR count). The van der Waals surface area contributed by atoms with Gasteiger partial charge in [0.25, 0.3) is 0 Å². The maximum Gasteiger partial charge on any atom is 0.339 e. The van der Waals surface area contributed by atoms with Crippen molar-refractivity contribution in [2.45, 2.75) is 33.1 Å². The van der Waals surface area contributed by atoms with Gasteiger partial charge in [-0.15, -0.1) is 0 Å². The summed E-state index contributed by atoms with van der Waals surface area (Å²) in [6.45, 7) is 4.17. The van der Waals surface area contributed by atoms with E-state index in [0.717, 1.165) is 12.8 Å². The summed E-state index contributed by atoms with van der Waals surface area (Å²) in [6.07, 6.45) is 2.27. The number of carbonyl (C=O) groups excluding carboxylic acids is 1. The van der Waals surface area contributed by atoms with Crippen LogP contribution in [0, 0.1) is 0 Å². The van der Waals surface area contributed by atoms with Gasteiger partial charge in [0.2, 0.25) is 0 Å². The first-order valence-corrected chi connectivity index (χ1v) is 6.14. The molecule has 0 fully saturated rings. The van der Waals surface area contributed by atoms with E-state index in [0.29, 0.717) is 18.6 Å². The average molecular weight is 250 g/mol. The Bertz CT molecular complexity index is 437. The maximum atomic E-state index is 11.8. The van der Waals surface area contributed by atoms with Crippen molar-refractivity contribution in [3.05, 3.63) is 34.9 Å². The van der Waals surface area contributed by atoms with Crippen molar-refractivity contribution in [1.82, 2.24) is 0 Å². The van der Waals surface area contributed by atoms with E-state index < -0.39 is 11.9 Å². The predicted molar refractivity (Wildman–Crippen MR) is 68.0 cm³/mol. The maximum absolute atomic E-state index is 11.8. The van der Waals surface area contributed by atoms with Crippen LogP contribution in [0.1, 0.15) is 53.0 Å². The molecule has 0 heterocycles. The molecule has 1 aromatic rings. The fourth-order valence-corrected chi connectivity index (χ4v) is 1.70. The monoisotopic (exact) mass is 250 g/mol. The van der Waals surface area contributed by atoms with Crippen molar-refractivity contribution >= 4 is 11.9 Å². The van der Waals surface area contributed by atoms with Gasteiger partial charge in [0.15, 0.2) is 0 Å². The number of aromatic carboxylic acids is 1. The highest BCUT2D eigenvalue weighted by molar-refractivity contribution is 6.03.